The summed E-state index contributed by atoms with van der Waals surface area (Å²) in [7, 11) is 0. The molecule has 0 saturated carbocycles. The number of aromatic nitrogens is 2. The fraction of sp³-hybridized carbons (Fsp3) is 0. The van der Waals surface area contributed by atoms with Gasteiger partial charge in [-0.2, -0.15) is 0 Å². The van der Waals surface area contributed by atoms with E-state index in [1.165, 1.54) is 70.9 Å². The van der Waals surface area contributed by atoms with Gasteiger partial charge in [0.2, 0.25) is 0 Å². The van der Waals surface area contributed by atoms with Gasteiger partial charge in [0.1, 0.15) is 5.82 Å². The number of hydrogen-bond acceptors (Lipinski definition) is 2. The number of benzene rings is 8. The quantitative estimate of drug-likeness (QED) is 0.181. The van der Waals surface area contributed by atoms with Gasteiger partial charge in [-0.15, -0.1) is 0 Å². The predicted molar refractivity (Wildman–Crippen MR) is 202 cm³/mol. The zero-order valence-corrected chi connectivity index (χ0v) is 26.1. The normalized spacial score (nSPS) is 11.8. The Kier molecular flexibility index (Phi) is 5.87. The van der Waals surface area contributed by atoms with Crippen molar-refractivity contribution in [1.82, 2.24) is 9.55 Å². The molecule has 0 amide bonds. The lowest BCUT2D eigenvalue weighted by Crippen LogP contribution is -2.11. The number of para-hydroxylation sites is 3. The number of pyridine rings is 1. The average molecular weight is 612 g/mol. The molecule has 0 fully saturated rings. The second-order valence-electron chi connectivity index (χ2n) is 12.4. The molecule has 0 unspecified atom stereocenters. The molecule has 0 atom stereocenters. The lowest BCUT2D eigenvalue weighted by atomic mass is 9.88. The molecule has 10 rings (SSSR count). The van der Waals surface area contributed by atoms with E-state index >= 15 is 0 Å². The van der Waals surface area contributed by atoms with E-state index in [2.05, 4.69) is 166 Å². The van der Waals surface area contributed by atoms with Crippen LogP contribution in [0.2, 0.25) is 0 Å². The van der Waals surface area contributed by atoms with Crippen LogP contribution in [0.15, 0.2) is 176 Å². The third kappa shape index (κ3) is 3.98. The van der Waals surface area contributed by atoms with Gasteiger partial charge in [-0.05, 0) is 104 Å². The molecule has 2 aromatic heterocycles. The first-order valence-corrected chi connectivity index (χ1v) is 16.4. The number of nitrogens with zero attached hydrogens (tertiary/aromatic N) is 3. The van der Waals surface area contributed by atoms with Crippen LogP contribution in [0.3, 0.4) is 0 Å². The van der Waals surface area contributed by atoms with Gasteiger partial charge in [-0.1, -0.05) is 109 Å². The average Bonchev–Trinajstić information content (AvgIpc) is 3.49. The first kappa shape index (κ1) is 26.7. The minimum Gasteiger partial charge on any atom is -0.309 e. The highest BCUT2D eigenvalue weighted by atomic mass is 15.2. The number of rotatable bonds is 5. The zero-order chi connectivity index (χ0) is 31.6. The van der Waals surface area contributed by atoms with Crippen molar-refractivity contribution >= 4 is 71.3 Å². The zero-order valence-electron chi connectivity index (χ0n) is 26.1. The molecule has 48 heavy (non-hydrogen) atoms. The second-order valence-corrected chi connectivity index (χ2v) is 12.4. The maximum absolute atomic E-state index is 4.68. The van der Waals surface area contributed by atoms with Gasteiger partial charge in [0.15, 0.2) is 0 Å². The van der Waals surface area contributed by atoms with Crippen LogP contribution in [-0.2, 0) is 0 Å². The standard InChI is InChI=1S/C45H29N3/c1-3-11-33(12-4-1)47(42-17-9-10-28-46-42)35-23-18-30(19-24-35)36-25-20-31-21-27-39-44-32(22-26-37(36)43(31)44)29-41-45(39)38-15-7-8-16-40(38)48(41)34-13-5-2-6-14-34/h1-29H. The van der Waals surface area contributed by atoms with Gasteiger partial charge in [0.05, 0.1) is 11.0 Å². The highest BCUT2D eigenvalue weighted by Crippen LogP contribution is 2.45. The Bertz CT molecular complexity index is 2710. The summed E-state index contributed by atoms with van der Waals surface area (Å²) >= 11 is 0. The van der Waals surface area contributed by atoms with E-state index in [4.69, 9.17) is 0 Å². The summed E-state index contributed by atoms with van der Waals surface area (Å²) in [6.45, 7) is 0. The molecule has 224 valence electrons. The third-order valence-corrected chi connectivity index (χ3v) is 9.76. The van der Waals surface area contributed by atoms with Crippen LogP contribution < -0.4 is 4.90 Å². The van der Waals surface area contributed by atoms with Crippen molar-refractivity contribution in [2.45, 2.75) is 0 Å². The molecular weight excluding hydrogens is 583 g/mol. The van der Waals surface area contributed by atoms with E-state index in [0.717, 1.165) is 17.2 Å². The smallest absolute Gasteiger partial charge is 0.137 e. The van der Waals surface area contributed by atoms with Crippen molar-refractivity contribution in [3.05, 3.63) is 176 Å². The molecule has 0 aliphatic carbocycles. The van der Waals surface area contributed by atoms with Crippen LogP contribution in [0.4, 0.5) is 17.2 Å². The molecule has 0 saturated heterocycles. The van der Waals surface area contributed by atoms with Crippen molar-refractivity contribution < 1.29 is 0 Å². The molecule has 8 aromatic carbocycles. The summed E-state index contributed by atoms with van der Waals surface area (Å²) < 4.78 is 2.41. The van der Waals surface area contributed by atoms with Gasteiger partial charge >= 0.3 is 0 Å². The summed E-state index contributed by atoms with van der Waals surface area (Å²) in [6.07, 6.45) is 1.84. The summed E-state index contributed by atoms with van der Waals surface area (Å²) in [4.78, 5) is 6.88. The van der Waals surface area contributed by atoms with Gasteiger partial charge in [0.25, 0.3) is 0 Å². The van der Waals surface area contributed by atoms with E-state index in [-0.39, 0.29) is 0 Å². The minimum atomic E-state index is 0.888. The molecule has 0 N–H and O–H groups in total. The van der Waals surface area contributed by atoms with E-state index in [1.807, 2.05) is 24.4 Å². The Labute approximate surface area is 277 Å². The third-order valence-electron chi connectivity index (χ3n) is 9.76. The molecule has 0 spiro atoms. The molecule has 0 radical (unpaired) electrons. The molecule has 2 heterocycles. The molecule has 3 nitrogen and oxygen atoms in total. The first-order chi connectivity index (χ1) is 23.8. The SMILES string of the molecule is c1ccc(N(c2ccc(-c3ccc4ccc5c6c(ccc3c46)cc3c5c4ccccc4n3-c3ccccc3)cc2)c2ccccn2)cc1. The minimum absolute atomic E-state index is 0.888. The summed E-state index contributed by atoms with van der Waals surface area (Å²) in [5.74, 6) is 0.888. The Morgan fingerprint density at radius 1 is 0.438 bits per heavy atom. The molecular formula is C45H29N3. The first-order valence-electron chi connectivity index (χ1n) is 16.4. The van der Waals surface area contributed by atoms with E-state index in [9.17, 15) is 0 Å². The van der Waals surface area contributed by atoms with Gasteiger partial charge in [-0.3, -0.25) is 4.90 Å². The molecule has 0 aliphatic rings. The van der Waals surface area contributed by atoms with Gasteiger partial charge in [-0.25, -0.2) is 4.98 Å². The van der Waals surface area contributed by atoms with E-state index in [0.29, 0.717) is 0 Å². The summed E-state index contributed by atoms with van der Waals surface area (Å²) in [5.41, 5.74) is 8.21. The molecule has 10 aromatic rings. The summed E-state index contributed by atoms with van der Waals surface area (Å²) in [5, 5.41) is 10.3. The van der Waals surface area contributed by atoms with Crippen molar-refractivity contribution in [2.75, 3.05) is 4.90 Å². The maximum Gasteiger partial charge on any atom is 0.137 e. The van der Waals surface area contributed by atoms with Crippen molar-refractivity contribution in [1.29, 1.82) is 0 Å². The Hall–Kier alpha value is -6.45. The van der Waals surface area contributed by atoms with Gasteiger partial charge < -0.3 is 4.57 Å². The Morgan fingerprint density at radius 3 is 1.92 bits per heavy atom. The number of fused-ring (bicyclic) bond motifs is 4. The van der Waals surface area contributed by atoms with Crippen molar-refractivity contribution in [2.24, 2.45) is 0 Å². The highest BCUT2D eigenvalue weighted by molar-refractivity contribution is 6.34. The monoisotopic (exact) mass is 611 g/mol. The maximum atomic E-state index is 4.68. The molecule has 0 bridgehead atoms. The van der Waals surface area contributed by atoms with Crippen LogP contribution >= 0.6 is 0 Å². The Balaban J connectivity index is 1.17. The van der Waals surface area contributed by atoms with Crippen molar-refractivity contribution in [3.8, 4) is 16.8 Å². The van der Waals surface area contributed by atoms with Crippen LogP contribution in [0.1, 0.15) is 0 Å². The van der Waals surface area contributed by atoms with Crippen molar-refractivity contribution in [3.63, 3.8) is 0 Å². The second kappa shape index (κ2) is 10.5. The largest absolute Gasteiger partial charge is 0.309 e. The molecule has 0 aliphatic heterocycles. The van der Waals surface area contributed by atoms with Crippen LogP contribution in [0.25, 0.3) is 70.9 Å². The lowest BCUT2D eigenvalue weighted by molar-refractivity contribution is 1.18. The van der Waals surface area contributed by atoms with Gasteiger partial charge in [0, 0.05) is 34.0 Å². The topological polar surface area (TPSA) is 21.1 Å². The number of anilines is 3. The van der Waals surface area contributed by atoms with E-state index < -0.39 is 0 Å². The highest BCUT2D eigenvalue weighted by Gasteiger charge is 2.20. The van der Waals surface area contributed by atoms with Crippen LogP contribution in [0, 0.1) is 0 Å². The van der Waals surface area contributed by atoms with Crippen LogP contribution in [-0.4, -0.2) is 9.55 Å². The van der Waals surface area contributed by atoms with E-state index in [1.54, 1.807) is 0 Å². The molecule has 3 heteroatoms. The fourth-order valence-electron chi connectivity index (χ4n) is 7.70. The Morgan fingerprint density at radius 2 is 1.10 bits per heavy atom. The predicted octanol–water partition coefficient (Wildman–Crippen LogP) is 12.2. The fourth-order valence-corrected chi connectivity index (χ4v) is 7.70. The summed E-state index contributed by atoms with van der Waals surface area (Å²) in [6, 6.07) is 61.1. The lowest BCUT2D eigenvalue weighted by Gasteiger charge is -2.24. The van der Waals surface area contributed by atoms with Crippen LogP contribution in [0.5, 0.6) is 0 Å². The number of hydrogen-bond donors (Lipinski definition) is 0.